The van der Waals surface area contributed by atoms with Gasteiger partial charge in [0.05, 0.1) is 6.04 Å². The summed E-state index contributed by atoms with van der Waals surface area (Å²) >= 11 is 0. The first-order chi connectivity index (χ1) is 11.5. The van der Waals surface area contributed by atoms with E-state index in [0.29, 0.717) is 12.0 Å². The molecule has 2 aromatic rings. The summed E-state index contributed by atoms with van der Waals surface area (Å²) in [7, 11) is 0. The Balaban J connectivity index is 1.97. The van der Waals surface area contributed by atoms with Crippen LogP contribution in [0.15, 0.2) is 54.6 Å². The lowest BCUT2D eigenvalue weighted by Crippen LogP contribution is -2.50. The number of benzene rings is 2. The van der Waals surface area contributed by atoms with Crippen LogP contribution >= 0.6 is 0 Å². The summed E-state index contributed by atoms with van der Waals surface area (Å²) in [6.45, 7) is 0. The van der Waals surface area contributed by atoms with Crippen LogP contribution in [-0.4, -0.2) is 34.2 Å². The molecule has 126 valence electrons. The highest BCUT2D eigenvalue weighted by atomic mass is 16.4. The van der Waals surface area contributed by atoms with E-state index in [-0.39, 0.29) is 12.2 Å². The number of carbonyl (C=O) groups is 2. The van der Waals surface area contributed by atoms with Crippen molar-refractivity contribution in [1.82, 2.24) is 5.32 Å². The molecule has 2 atom stereocenters. The van der Waals surface area contributed by atoms with Gasteiger partial charge in [-0.3, -0.25) is 4.79 Å². The Labute approximate surface area is 139 Å². The summed E-state index contributed by atoms with van der Waals surface area (Å²) in [4.78, 5) is 23.5. The van der Waals surface area contributed by atoms with Gasteiger partial charge in [0.25, 0.3) is 0 Å². The second-order valence-corrected chi connectivity index (χ2v) is 5.57. The van der Waals surface area contributed by atoms with E-state index in [1.54, 1.807) is 12.1 Å². The fraction of sp³-hybridized carbons (Fsp3) is 0.222. The summed E-state index contributed by atoms with van der Waals surface area (Å²) in [6.07, 6.45) is 0.442. The van der Waals surface area contributed by atoms with Gasteiger partial charge >= 0.3 is 5.97 Å². The van der Waals surface area contributed by atoms with Crippen LogP contribution in [-0.2, 0) is 22.4 Å². The lowest BCUT2D eigenvalue weighted by Gasteiger charge is -2.18. The fourth-order valence-corrected chi connectivity index (χ4v) is 2.31. The van der Waals surface area contributed by atoms with Gasteiger partial charge in [0.2, 0.25) is 5.91 Å². The standard InChI is InChI=1S/C18H20N2O4/c19-15(10-12-4-2-1-3-5-12)17(22)20-16(18(23)24)11-13-6-8-14(21)9-7-13/h1-9,15-16,21H,10-11,19H2,(H,20,22)(H,23,24)/t15-,16+/m1/s1. The smallest absolute Gasteiger partial charge is 0.326 e. The number of aliphatic carboxylic acids is 1. The minimum Gasteiger partial charge on any atom is -0.508 e. The monoisotopic (exact) mass is 328 g/mol. The van der Waals surface area contributed by atoms with Gasteiger partial charge in [-0.1, -0.05) is 42.5 Å². The third-order valence-corrected chi connectivity index (χ3v) is 3.63. The van der Waals surface area contributed by atoms with Crippen molar-refractivity contribution in [1.29, 1.82) is 0 Å². The maximum atomic E-state index is 12.2. The van der Waals surface area contributed by atoms with Crippen LogP contribution in [0.5, 0.6) is 5.75 Å². The van der Waals surface area contributed by atoms with Gasteiger partial charge in [-0.25, -0.2) is 4.79 Å². The third kappa shape index (κ3) is 5.10. The molecule has 0 saturated carbocycles. The fourth-order valence-electron chi connectivity index (χ4n) is 2.31. The van der Waals surface area contributed by atoms with Crippen LogP contribution in [0.4, 0.5) is 0 Å². The summed E-state index contributed by atoms with van der Waals surface area (Å²) in [5, 5.41) is 21.0. The van der Waals surface area contributed by atoms with Gasteiger partial charge < -0.3 is 21.3 Å². The van der Waals surface area contributed by atoms with E-state index in [1.807, 2.05) is 30.3 Å². The molecule has 2 rings (SSSR count). The normalized spacial score (nSPS) is 13.0. The number of carbonyl (C=O) groups excluding carboxylic acids is 1. The van der Waals surface area contributed by atoms with Crippen LogP contribution in [0.25, 0.3) is 0 Å². The molecule has 0 bridgehead atoms. The average Bonchev–Trinajstić information content (AvgIpc) is 2.56. The molecule has 0 spiro atoms. The number of phenols is 1. The lowest BCUT2D eigenvalue weighted by atomic mass is 10.0. The quantitative estimate of drug-likeness (QED) is 0.607. The van der Waals surface area contributed by atoms with Gasteiger partial charge in [-0.2, -0.15) is 0 Å². The second kappa shape index (κ2) is 8.12. The van der Waals surface area contributed by atoms with Crippen molar-refractivity contribution in [3.05, 3.63) is 65.7 Å². The molecule has 24 heavy (non-hydrogen) atoms. The Morgan fingerprint density at radius 2 is 1.54 bits per heavy atom. The number of nitrogens with two attached hydrogens (primary N) is 1. The predicted molar refractivity (Wildman–Crippen MR) is 89.5 cm³/mol. The zero-order valence-corrected chi connectivity index (χ0v) is 13.1. The maximum Gasteiger partial charge on any atom is 0.326 e. The molecule has 5 N–H and O–H groups in total. The van der Waals surface area contributed by atoms with Crippen LogP contribution < -0.4 is 11.1 Å². The number of amides is 1. The molecular formula is C18H20N2O4. The van der Waals surface area contributed by atoms with Crippen LogP contribution in [0.2, 0.25) is 0 Å². The first kappa shape index (κ1) is 17.5. The molecule has 0 aliphatic rings. The Bertz CT molecular complexity index is 686. The Morgan fingerprint density at radius 3 is 2.12 bits per heavy atom. The molecule has 0 saturated heterocycles. The first-order valence-electron chi connectivity index (χ1n) is 7.56. The lowest BCUT2D eigenvalue weighted by molar-refractivity contribution is -0.141. The highest BCUT2D eigenvalue weighted by Crippen LogP contribution is 2.11. The van der Waals surface area contributed by atoms with E-state index in [1.165, 1.54) is 12.1 Å². The van der Waals surface area contributed by atoms with Gasteiger partial charge in [0, 0.05) is 6.42 Å². The number of hydrogen-bond donors (Lipinski definition) is 4. The number of hydrogen-bond acceptors (Lipinski definition) is 4. The van der Waals surface area contributed by atoms with Crippen molar-refractivity contribution in [2.24, 2.45) is 5.73 Å². The molecule has 6 nitrogen and oxygen atoms in total. The largest absolute Gasteiger partial charge is 0.508 e. The molecule has 0 aliphatic heterocycles. The predicted octanol–water partition coefficient (Wildman–Crippen LogP) is 1.07. The molecule has 0 heterocycles. The molecule has 6 heteroatoms. The van der Waals surface area contributed by atoms with Crippen molar-refractivity contribution < 1.29 is 19.8 Å². The van der Waals surface area contributed by atoms with Crippen molar-refractivity contribution in [3.8, 4) is 5.75 Å². The first-order valence-corrected chi connectivity index (χ1v) is 7.56. The van der Waals surface area contributed by atoms with Crippen molar-refractivity contribution in [2.45, 2.75) is 24.9 Å². The van der Waals surface area contributed by atoms with Crippen molar-refractivity contribution in [2.75, 3.05) is 0 Å². The molecule has 0 radical (unpaired) electrons. The second-order valence-electron chi connectivity index (χ2n) is 5.57. The van der Waals surface area contributed by atoms with Crippen molar-refractivity contribution in [3.63, 3.8) is 0 Å². The highest BCUT2D eigenvalue weighted by Gasteiger charge is 2.23. The van der Waals surface area contributed by atoms with Gasteiger partial charge in [-0.15, -0.1) is 0 Å². The Morgan fingerprint density at radius 1 is 0.958 bits per heavy atom. The molecule has 1 amide bonds. The summed E-state index contributed by atoms with van der Waals surface area (Å²) in [6, 6.07) is 13.6. The van der Waals surface area contributed by atoms with E-state index >= 15 is 0 Å². The maximum absolute atomic E-state index is 12.2. The molecule has 0 aromatic heterocycles. The van der Waals surface area contributed by atoms with E-state index in [2.05, 4.69) is 5.32 Å². The number of nitrogens with one attached hydrogen (secondary N) is 1. The summed E-state index contributed by atoms with van der Waals surface area (Å²) in [5.74, 6) is -1.55. The van der Waals surface area contributed by atoms with Crippen LogP contribution in [0.3, 0.4) is 0 Å². The third-order valence-electron chi connectivity index (χ3n) is 3.63. The zero-order valence-electron chi connectivity index (χ0n) is 13.1. The van der Waals surface area contributed by atoms with Crippen molar-refractivity contribution >= 4 is 11.9 Å². The number of rotatable bonds is 7. The number of phenolic OH excluding ortho intramolecular Hbond substituents is 1. The van der Waals surface area contributed by atoms with Crippen LogP contribution in [0, 0.1) is 0 Å². The molecule has 0 fully saturated rings. The van der Waals surface area contributed by atoms with E-state index < -0.39 is 24.0 Å². The van der Waals surface area contributed by atoms with E-state index in [4.69, 9.17) is 5.73 Å². The Hall–Kier alpha value is -2.86. The Kier molecular flexibility index (Phi) is 5.92. The number of carboxylic acid groups (broad SMARTS) is 1. The van der Waals surface area contributed by atoms with Gasteiger partial charge in [-0.05, 0) is 29.7 Å². The van der Waals surface area contributed by atoms with Crippen LogP contribution in [0.1, 0.15) is 11.1 Å². The topological polar surface area (TPSA) is 113 Å². The molecule has 0 unspecified atom stereocenters. The van der Waals surface area contributed by atoms with E-state index in [0.717, 1.165) is 5.56 Å². The molecule has 2 aromatic carbocycles. The number of carboxylic acids is 1. The molecule has 0 aliphatic carbocycles. The SMILES string of the molecule is N[C@H](Cc1ccccc1)C(=O)N[C@@H](Cc1ccc(O)cc1)C(=O)O. The highest BCUT2D eigenvalue weighted by molar-refractivity contribution is 5.87. The number of aromatic hydroxyl groups is 1. The molecular weight excluding hydrogens is 308 g/mol. The minimum atomic E-state index is -1.14. The summed E-state index contributed by atoms with van der Waals surface area (Å²) in [5.41, 5.74) is 7.47. The zero-order chi connectivity index (χ0) is 17.5. The average molecular weight is 328 g/mol. The van der Waals surface area contributed by atoms with Gasteiger partial charge in [0.15, 0.2) is 0 Å². The minimum absolute atomic E-state index is 0.0968. The van der Waals surface area contributed by atoms with Gasteiger partial charge in [0.1, 0.15) is 11.8 Å². The van der Waals surface area contributed by atoms with E-state index in [9.17, 15) is 19.8 Å². The summed E-state index contributed by atoms with van der Waals surface area (Å²) < 4.78 is 0.